The topological polar surface area (TPSA) is 147 Å². The summed E-state index contributed by atoms with van der Waals surface area (Å²) in [5.41, 5.74) is 1.99. The van der Waals surface area contributed by atoms with Gasteiger partial charge < -0.3 is 23.6 Å². The molecule has 0 unspecified atom stereocenters. The number of hydrogen-bond donors (Lipinski definition) is 1. The monoisotopic (exact) mass is 656 g/mol. The molecule has 0 fully saturated rings. The molecule has 0 saturated heterocycles. The number of halogens is 1. The Morgan fingerprint density at radius 2 is 1.66 bits per heavy atom. The van der Waals surface area contributed by atoms with Crippen LogP contribution in [0.4, 0.5) is 5.69 Å². The molecule has 0 bridgehead atoms. The molecule has 5 aromatic rings. The largest absolute Gasteiger partial charge is 0.519 e. The number of nitrogens with one attached hydrogen (secondary N) is 1. The Morgan fingerprint density at radius 1 is 0.936 bits per heavy atom. The van der Waals surface area contributed by atoms with Gasteiger partial charge in [0, 0.05) is 34.3 Å². The van der Waals surface area contributed by atoms with Crippen molar-refractivity contribution in [3.63, 3.8) is 0 Å². The van der Waals surface area contributed by atoms with Gasteiger partial charge in [0.05, 0.1) is 18.9 Å². The average Bonchev–Trinajstić information content (AvgIpc) is 3.39. The van der Waals surface area contributed by atoms with E-state index < -0.39 is 29.3 Å². The lowest BCUT2D eigenvalue weighted by Gasteiger charge is -2.22. The summed E-state index contributed by atoms with van der Waals surface area (Å²) in [6.07, 6.45) is 1.61. The predicted octanol–water partition coefficient (Wildman–Crippen LogP) is 6.01. The van der Waals surface area contributed by atoms with Crippen LogP contribution in [0.15, 0.2) is 103 Å². The Hall–Kier alpha value is -5.68. The molecule has 11 nitrogen and oxygen atoms in total. The van der Waals surface area contributed by atoms with E-state index in [1.807, 2.05) is 30.3 Å². The van der Waals surface area contributed by atoms with Crippen molar-refractivity contribution in [2.45, 2.75) is 32.9 Å². The predicted molar refractivity (Wildman–Crippen MR) is 173 cm³/mol. The molecule has 0 aliphatic rings. The number of ketones is 1. The highest BCUT2D eigenvalue weighted by Crippen LogP contribution is 2.34. The van der Waals surface area contributed by atoms with Crippen molar-refractivity contribution in [1.29, 1.82) is 0 Å². The fraction of sp³-hybridized carbons (Fsp3) is 0.171. The van der Waals surface area contributed by atoms with E-state index in [1.54, 1.807) is 18.2 Å². The summed E-state index contributed by atoms with van der Waals surface area (Å²) in [5, 5.41) is 3.20. The second-order valence-electron chi connectivity index (χ2n) is 10.5. The second kappa shape index (κ2) is 14.2. The third kappa shape index (κ3) is 7.59. The highest BCUT2D eigenvalue weighted by molar-refractivity contribution is 6.31. The lowest BCUT2D eigenvalue weighted by Crippen LogP contribution is -2.34. The molecule has 47 heavy (non-hydrogen) atoms. The SMILES string of the molecule is COc1cn([C@@H](Cc2ccccc2)C(=O)Nc2ccc(C(=O)OCc3oc(=O)oc3C)cc2)c(=O)cc1-c1cc(Cl)ccc1C(C)=O. The third-order valence-corrected chi connectivity index (χ3v) is 7.62. The third-order valence-electron chi connectivity index (χ3n) is 7.38. The molecule has 0 spiro atoms. The number of rotatable bonds is 11. The first-order valence-electron chi connectivity index (χ1n) is 14.4. The van der Waals surface area contributed by atoms with Crippen molar-refractivity contribution in [3.05, 3.63) is 139 Å². The van der Waals surface area contributed by atoms with Crippen molar-refractivity contribution in [2.75, 3.05) is 12.4 Å². The van der Waals surface area contributed by atoms with Crippen molar-refractivity contribution in [1.82, 2.24) is 4.57 Å². The van der Waals surface area contributed by atoms with Gasteiger partial charge in [-0.1, -0.05) is 41.9 Å². The van der Waals surface area contributed by atoms with Crippen LogP contribution in [0.25, 0.3) is 11.1 Å². The van der Waals surface area contributed by atoms with Gasteiger partial charge in [-0.25, -0.2) is 9.59 Å². The number of ether oxygens (including phenoxy) is 2. The number of methoxy groups -OCH3 is 1. The zero-order valence-electron chi connectivity index (χ0n) is 25.6. The smallest absolute Gasteiger partial charge is 0.495 e. The molecule has 2 aromatic heterocycles. The minimum absolute atomic E-state index is 0.100. The molecule has 12 heteroatoms. The van der Waals surface area contributed by atoms with Gasteiger partial charge in [-0.2, -0.15) is 0 Å². The van der Waals surface area contributed by atoms with Gasteiger partial charge >= 0.3 is 11.8 Å². The summed E-state index contributed by atoms with van der Waals surface area (Å²) in [7, 11) is 1.43. The fourth-order valence-corrected chi connectivity index (χ4v) is 5.15. The minimum atomic E-state index is -1.02. The quantitative estimate of drug-likeness (QED) is 0.133. The average molecular weight is 657 g/mol. The van der Waals surface area contributed by atoms with E-state index in [0.29, 0.717) is 27.4 Å². The Bertz CT molecular complexity index is 2060. The highest BCUT2D eigenvalue weighted by Gasteiger charge is 2.25. The maximum absolute atomic E-state index is 13.8. The van der Waals surface area contributed by atoms with E-state index in [-0.39, 0.29) is 41.6 Å². The van der Waals surface area contributed by atoms with Crippen molar-refractivity contribution in [2.24, 2.45) is 0 Å². The molecular weight excluding hydrogens is 628 g/mol. The number of aromatic nitrogens is 1. The van der Waals surface area contributed by atoms with Crippen LogP contribution in [0, 0.1) is 6.92 Å². The molecule has 0 aliphatic heterocycles. The molecule has 3 aromatic carbocycles. The number of Topliss-reactive ketones (excluding diaryl/α,β-unsaturated/α-hetero) is 1. The van der Waals surface area contributed by atoms with Crippen LogP contribution < -0.4 is 21.4 Å². The Balaban J connectivity index is 1.42. The summed E-state index contributed by atoms with van der Waals surface area (Å²) in [5.74, 6) is -1.72. The number of aryl methyl sites for hydroxylation is 1. The van der Waals surface area contributed by atoms with Gasteiger partial charge in [0.2, 0.25) is 5.91 Å². The fourth-order valence-electron chi connectivity index (χ4n) is 4.98. The number of amides is 1. The van der Waals surface area contributed by atoms with Gasteiger partial charge in [0.25, 0.3) is 5.56 Å². The summed E-state index contributed by atoms with van der Waals surface area (Å²) in [6.45, 7) is 2.64. The lowest BCUT2D eigenvalue weighted by molar-refractivity contribution is -0.119. The molecule has 1 atom stereocenters. The number of nitrogens with zero attached hydrogens (tertiary/aromatic N) is 1. The molecular formula is C35H29ClN2O9. The molecule has 2 heterocycles. The molecule has 0 aliphatic carbocycles. The molecule has 0 radical (unpaired) electrons. The first kappa shape index (κ1) is 32.7. The summed E-state index contributed by atoms with van der Waals surface area (Å²) in [4.78, 5) is 63.6. The Morgan fingerprint density at radius 3 is 2.30 bits per heavy atom. The number of benzene rings is 3. The van der Waals surface area contributed by atoms with Crippen LogP contribution in [-0.2, 0) is 22.6 Å². The van der Waals surface area contributed by atoms with Gasteiger partial charge in [0.1, 0.15) is 11.8 Å². The van der Waals surface area contributed by atoms with Crippen LogP contribution in [0.1, 0.15) is 50.8 Å². The Kier molecular flexibility index (Phi) is 9.86. The first-order valence-corrected chi connectivity index (χ1v) is 14.7. The number of carbonyl (C=O) groups is 3. The highest BCUT2D eigenvalue weighted by atomic mass is 35.5. The van der Waals surface area contributed by atoms with E-state index in [2.05, 4.69) is 5.32 Å². The number of pyridine rings is 1. The van der Waals surface area contributed by atoms with Crippen LogP contribution in [0.2, 0.25) is 5.02 Å². The zero-order valence-corrected chi connectivity index (χ0v) is 26.3. The van der Waals surface area contributed by atoms with Crippen molar-refractivity contribution < 1.29 is 32.7 Å². The van der Waals surface area contributed by atoms with E-state index in [4.69, 9.17) is 29.9 Å². The number of esters is 1. The van der Waals surface area contributed by atoms with Crippen LogP contribution in [-0.4, -0.2) is 29.3 Å². The zero-order chi connectivity index (χ0) is 33.7. The van der Waals surface area contributed by atoms with Gasteiger partial charge in [0.15, 0.2) is 23.9 Å². The van der Waals surface area contributed by atoms with Crippen LogP contribution in [0.3, 0.4) is 0 Å². The molecule has 1 amide bonds. The second-order valence-corrected chi connectivity index (χ2v) is 11.0. The number of anilines is 1. The van der Waals surface area contributed by atoms with Crippen molar-refractivity contribution in [3.8, 4) is 16.9 Å². The molecule has 5 rings (SSSR count). The van der Waals surface area contributed by atoms with E-state index in [0.717, 1.165) is 5.56 Å². The maximum Gasteiger partial charge on any atom is 0.519 e. The summed E-state index contributed by atoms with van der Waals surface area (Å²) in [6, 6.07) is 20.2. The van der Waals surface area contributed by atoms with E-state index in [1.165, 1.54) is 62.1 Å². The molecule has 0 saturated carbocycles. The number of carbonyl (C=O) groups excluding carboxylic acids is 3. The summed E-state index contributed by atoms with van der Waals surface area (Å²) < 4.78 is 21.7. The Labute approximate surface area is 273 Å². The van der Waals surface area contributed by atoms with E-state index in [9.17, 15) is 24.0 Å². The normalized spacial score (nSPS) is 11.5. The maximum atomic E-state index is 13.8. The van der Waals surface area contributed by atoms with Gasteiger partial charge in [-0.15, -0.1) is 0 Å². The van der Waals surface area contributed by atoms with Gasteiger partial charge in [-0.3, -0.25) is 19.0 Å². The standard InChI is InChI=1S/C35H29ClN2O9/c1-20(39)26-14-11-24(36)16-27(26)28-17-32(40)38(18-30(28)44-3)29(15-22-7-5-4-6-8-22)33(41)37-25-12-9-23(10-13-25)34(42)45-19-31-21(2)46-35(43)47-31/h4-14,16-18,29H,15,19H2,1-3H3,(H,37,41)/t29-/m0/s1. The number of hydrogen-bond acceptors (Lipinski definition) is 9. The van der Waals surface area contributed by atoms with Gasteiger partial charge in [-0.05, 0) is 67.4 Å². The molecule has 240 valence electrons. The van der Waals surface area contributed by atoms with E-state index >= 15 is 0 Å². The first-order chi connectivity index (χ1) is 22.5. The lowest BCUT2D eigenvalue weighted by atomic mass is 9.97. The molecule has 1 N–H and O–H groups in total. The van der Waals surface area contributed by atoms with Crippen LogP contribution >= 0.6 is 11.6 Å². The van der Waals surface area contributed by atoms with Crippen molar-refractivity contribution >= 4 is 34.9 Å². The minimum Gasteiger partial charge on any atom is -0.495 e. The summed E-state index contributed by atoms with van der Waals surface area (Å²) >= 11 is 6.24. The van der Waals surface area contributed by atoms with Crippen LogP contribution in [0.5, 0.6) is 5.75 Å².